The molecule has 7 nitrogen and oxygen atoms in total. The fraction of sp³-hybridized carbons (Fsp3) is 0.400. The molecule has 2 unspecified atom stereocenters. The zero-order valence-corrected chi connectivity index (χ0v) is 13.8. The molecule has 1 saturated heterocycles. The number of ether oxygens (including phenoxy) is 1. The Morgan fingerprint density at radius 1 is 1.48 bits per heavy atom. The molecule has 2 atom stereocenters. The van der Waals surface area contributed by atoms with Crippen LogP contribution in [0, 0.1) is 0 Å². The van der Waals surface area contributed by atoms with Crippen LogP contribution in [-0.2, 0) is 9.59 Å². The standard InChI is InChI=1S/C15H18ClN3O4/c1-4-15(3)13(21)19(14(22)17-15)18-12(20)9(2)23-11-7-5-6-10(16)8-11/h5-9H,4H2,1-3H3,(H,17,22)(H,18,20). The Bertz CT molecular complexity index is 651. The van der Waals surface area contributed by atoms with Crippen molar-refractivity contribution < 1.29 is 19.1 Å². The Kier molecular flexibility index (Phi) is 4.79. The van der Waals surface area contributed by atoms with Gasteiger partial charge in [-0.05, 0) is 38.5 Å². The normalized spacial score (nSPS) is 21.8. The number of rotatable bonds is 5. The van der Waals surface area contributed by atoms with Crippen molar-refractivity contribution in [1.29, 1.82) is 0 Å². The summed E-state index contributed by atoms with van der Waals surface area (Å²) in [7, 11) is 0. The highest BCUT2D eigenvalue weighted by molar-refractivity contribution is 6.30. The van der Waals surface area contributed by atoms with E-state index >= 15 is 0 Å². The number of carbonyl (C=O) groups is 3. The van der Waals surface area contributed by atoms with Crippen molar-refractivity contribution in [3.05, 3.63) is 29.3 Å². The number of hydrogen-bond acceptors (Lipinski definition) is 4. The Morgan fingerprint density at radius 2 is 2.17 bits per heavy atom. The van der Waals surface area contributed by atoms with Crippen LogP contribution in [-0.4, -0.2) is 34.5 Å². The Morgan fingerprint density at radius 3 is 2.74 bits per heavy atom. The number of imide groups is 1. The van der Waals surface area contributed by atoms with Gasteiger partial charge in [-0.3, -0.25) is 15.0 Å². The highest BCUT2D eigenvalue weighted by Gasteiger charge is 2.47. The van der Waals surface area contributed by atoms with Crippen molar-refractivity contribution in [2.24, 2.45) is 0 Å². The Balaban J connectivity index is 2.01. The third-order valence-corrected chi connectivity index (χ3v) is 3.90. The molecule has 0 aromatic heterocycles. The van der Waals surface area contributed by atoms with E-state index in [2.05, 4.69) is 10.7 Å². The van der Waals surface area contributed by atoms with Crippen molar-refractivity contribution in [2.75, 3.05) is 0 Å². The quantitative estimate of drug-likeness (QED) is 0.801. The Labute approximate surface area is 138 Å². The molecule has 2 N–H and O–H groups in total. The van der Waals surface area contributed by atoms with Crippen LogP contribution in [0.1, 0.15) is 27.2 Å². The van der Waals surface area contributed by atoms with E-state index in [0.717, 1.165) is 0 Å². The van der Waals surface area contributed by atoms with Gasteiger partial charge in [0.05, 0.1) is 0 Å². The van der Waals surface area contributed by atoms with Gasteiger partial charge in [0.25, 0.3) is 11.8 Å². The van der Waals surface area contributed by atoms with Crippen LogP contribution in [0.25, 0.3) is 0 Å². The second-order valence-corrected chi connectivity index (χ2v) is 5.89. The zero-order valence-electron chi connectivity index (χ0n) is 13.1. The molecule has 1 aliphatic rings. The van der Waals surface area contributed by atoms with E-state index in [4.69, 9.17) is 16.3 Å². The maximum Gasteiger partial charge on any atom is 0.344 e. The van der Waals surface area contributed by atoms with Crippen molar-refractivity contribution in [2.45, 2.75) is 38.8 Å². The lowest BCUT2D eigenvalue weighted by Gasteiger charge is -2.21. The lowest BCUT2D eigenvalue weighted by molar-refractivity contribution is -0.141. The molecular weight excluding hydrogens is 322 g/mol. The summed E-state index contributed by atoms with van der Waals surface area (Å²) < 4.78 is 5.45. The molecule has 0 radical (unpaired) electrons. The number of amides is 4. The first kappa shape index (κ1) is 17.1. The summed E-state index contributed by atoms with van der Waals surface area (Å²) in [5.74, 6) is -0.710. The number of carbonyl (C=O) groups excluding carboxylic acids is 3. The van der Waals surface area contributed by atoms with Gasteiger partial charge >= 0.3 is 6.03 Å². The lowest BCUT2D eigenvalue weighted by Crippen LogP contribution is -2.51. The molecule has 4 amide bonds. The van der Waals surface area contributed by atoms with E-state index in [1.165, 1.54) is 6.92 Å². The van der Waals surface area contributed by atoms with E-state index in [-0.39, 0.29) is 0 Å². The van der Waals surface area contributed by atoms with Crippen molar-refractivity contribution >= 4 is 29.4 Å². The number of nitrogens with zero attached hydrogens (tertiary/aromatic N) is 1. The summed E-state index contributed by atoms with van der Waals surface area (Å²) in [4.78, 5) is 36.2. The van der Waals surface area contributed by atoms with Gasteiger partial charge in [-0.25, -0.2) is 4.79 Å². The molecule has 1 heterocycles. The van der Waals surface area contributed by atoms with E-state index in [0.29, 0.717) is 22.2 Å². The van der Waals surface area contributed by atoms with Gasteiger partial charge in [0.2, 0.25) is 0 Å². The minimum atomic E-state index is -1.01. The molecule has 23 heavy (non-hydrogen) atoms. The number of hydrogen-bond donors (Lipinski definition) is 2. The van der Waals surface area contributed by atoms with E-state index < -0.39 is 29.5 Å². The number of benzene rings is 1. The summed E-state index contributed by atoms with van der Waals surface area (Å²) in [6.07, 6.45) is -0.499. The molecule has 124 valence electrons. The summed E-state index contributed by atoms with van der Waals surface area (Å²) >= 11 is 5.84. The smallest absolute Gasteiger partial charge is 0.344 e. The van der Waals surface area contributed by atoms with Crippen molar-refractivity contribution in [3.63, 3.8) is 0 Å². The summed E-state index contributed by atoms with van der Waals surface area (Å²) in [6.45, 7) is 4.88. The lowest BCUT2D eigenvalue weighted by atomic mass is 10.00. The first-order chi connectivity index (χ1) is 10.8. The number of halogens is 1. The average Bonchev–Trinajstić information content (AvgIpc) is 2.71. The SMILES string of the molecule is CCC1(C)NC(=O)N(NC(=O)C(C)Oc2cccc(Cl)c2)C1=O. The summed E-state index contributed by atoms with van der Waals surface area (Å²) in [5, 5.41) is 3.70. The van der Waals surface area contributed by atoms with Crippen LogP contribution in [0.3, 0.4) is 0 Å². The maximum absolute atomic E-state index is 12.2. The largest absolute Gasteiger partial charge is 0.481 e. The van der Waals surface area contributed by atoms with Gasteiger partial charge in [0, 0.05) is 5.02 Å². The zero-order chi connectivity index (χ0) is 17.2. The average molecular weight is 340 g/mol. The molecule has 0 aliphatic carbocycles. The molecule has 1 aromatic carbocycles. The highest BCUT2D eigenvalue weighted by Crippen LogP contribution is 2.20. The predicted octanol–water partition coefficient (Wildman–Crippen LogP) is 1.86. The highest BCUT2D eigenvalue weighted by atomic mass is 35.5. The second kappa shape index (κ2) is 6.45. The van der Waals surface area contributed by atoms with Gasteiger partial charge in [0.1, 0.15) is 11.3 Å². The van der Waals surface area contributed by atoms with Gasteiger partial charge < -0.3 is 10.1 Å². The molecule has 1 fully saturated rings. The molecular formula is C15H18ClN3O4. The van der Waals surface area contributed by atoms with Crippen LogP contribution in [0.2, 0.25) is 5.02 Å². The molecule has 0 bridgehead atoms. The molecule has 1 aliphatic heterocycles. The second-order valence-electron chi connectivity index (χ2n) is 5.45. The van der Waals surface area contributed by atoms with Gasteiger partial charge in [0.15, 0.2) is 6.10 Å². The molecule has 1 aromatic rings. The van der Waals surface area contributed by atoms with Crippen LogP contribution >= 0.6 is 11.6 Å². The van der Waals surface area contributed by atoms with Crippen molar-refractivity contribution in [1.82, 2.24) is 15.8 Å². The summed E-state index contributed by atoms with van der Waals surface area (Å²) in [6, 6.07) is 5.91. The van der Waals surface area contributed by atoms with E-state index in [9.17, 15) is 14.4 Å². The number of hydrazine groups is 1. The van der Waals surface area contributed by atoms with E-state index in [1.54, 1.807) is 38.1 Å². The van der Waals surface area contributed by atoms with Crippen LogP contribution in [0.4, 0.5) is 4.79 Å². The van der Waals surface area contributed by atoms with Crippen molar-refractivity contribution in [3.8, 4) is 5.75 Å². The fourth-order valence-corrected chi connectivity index (χ4v) is 2.20. The van der Waals surface area contributed by atoms with Crippen LogP contribution in [0.15, 0.2) is 24.3 Å². The molecule has 8 heteroatoms. The third kappa shape index (κ3) is 3.56. The first-order valence-electron chi connectivity index (χ1n) is 7.16. The third-order valence-electron chi connectivity index (χ3n) is 3.67. The Hall–Kier alpha value is -2.28. The first-order valence-corrected chi connectivity index (χ1v) is 7.54. The topological polar surface area (TPSA) is 87.7 Å². The minimum Gasteiger partial charge on any atom is -0.481 e. The van der Waals surface area contributed by atoms with Gasteiger partial charge in [-0.15, -0.1) is 0 Å². The fourth-order valence-electron chi connectivity index (χ4n) is 2.02. The van der Waals surface area contributed by atoms with Crippen LogP contribution in [0.5, 0.6) is 5.75 Å². The number of nitrogens with one attached hydrogen (secondary N) is 2. The molecule has 0 spiro atoms. The molecule has 2 rings (SSSR count). The maximum atomic E-state index is 12.2. The monoisotopic (exact) mass is 339 g/mol. The van der Waals surface area contributed by atoms with Crippen LogP contribution < -0.4 is 15.5 Å². The summed E-state index contributed by atoms with van der Waals surface area (Å²) in [5.41, 5.74) is 1.26. The molecule has 0 saturated carbocycles. The number of urea groups is 1. The van der Waals surface area contributed by atoms with E-state index in [1.807, 2.05) is 0 Å². The predicted molar refractivity (Wildman–Crippen MR) is 83.8 cm³/mol. The minimum absolute atomic E-state index is 0.413. The van der Waals surface area contributed by atoms with Gasteiger partial charge in [-0.1, -0.05) is 24.6 Å². The van der Waals surface area contributed by atoms with Gasteiger partial charge in [-0.2, -0.15) is 5.01 Å².